The molecule has 0 spiro atoms. The maximum absolute atomic E-state index is 9.02. The zero-order valence-corrected chi connectivity index (χ0v) is 11.0. The summed E-state index contributed by atoms with van der Waals surface area (Å²) in [5.41, 5.74) is 2.47. The van der Waals surface area contributed by atoms with Gasteiger partial charge in [0.1, 0.15) is 10.6 Å². The number of aromatic nitrogens is 2. The molecule has 18 heavy (non-hydrogen) atoms. The second-order valence-corrected chi connectivity index (χ2v) is 4.84. The van der Waals surface area contributed by atoms with Crippen molar-refractivity contribution in [2.24, 2.45) is 5.84 Å². The normalized spacial score (nSPS) is 12.6. The van der Waals surface area contributed by atoms with Crippen LogP contribution in [0.15, 0.2) is 11.4 Å². The third-order valence-electron chi connectivity index (χ3n) is 2.77. The van der Waals surface area contributed by atoms with Crippen LogP contribution in [-0.2, 0) is 0 Å². The van der Waals surface area contributed by atoms with E-state index in [2.05, 4.69) is 27.6 Å². The van der Waals surface area contributed by atoms with Crippen molar-refractivity contribution in [3.05, 3.63) is 11.4 Å². The molecular weight excluding hydrogens is 250 g/mol. The van der Waals surface area contributed by atoms with E-state index in [0.29, 0.717) is 12.4 Å². The monoisotopic (exact) mass is 267 g/mol. The number of hydrazine groups is 1. The number of rotatable bonds is 6. The number of fused-ring (bicyclic) bond motifs is 1. The highest BCUT2D eigenvalue weighted by atomic mass is 32.1. The van der Waals surface area contributed by atoms with Crippen molar-refractivity contribution >= 4 is 33.3 Å². The van der Waals surface area contributed by atoms with Gasteiger partial charge in [0.25, 0.3) is 0 Å². The standard InChI is InChI=1S/C11H17N5OS/c1-2-7(3-5-17)13-9-8-4-6-18-10(8)15-11(14-9)16-12/h4,6-7,17H,2-3,5,12H2,1H3,(H2,13,14,15,16). The first kappa shape index (κ1) is 13.0. The van der Waals surface area contributed by atoms with Gasteiger partial charge in [0, 0.05) is 12.6 Å². The summed E-state index contributed by atoms with van der Waals surface area (Å²) in [7, 11) is 0. The van der Waals surface area contributed by atoms with Gasteiger partial charge in [0.15, 0.2) is 0 Å². The number of aliphatic hydroxyl groups is 1. The van der Waals surface area contributed by atoms with E-state index in [1.807, 2.05) is 11.4 Å². The third kappa shape index (κ3) is 2.69. The van der Waals surface area contributed by atoms with Gasteiger partial charge in [0.05, 0.1) is 5.39 Å². The van der Waals surface area contributed by atoms with Crippen LogP contribution < -0.4 is 16.6 Å². The maximum atomic E-state index is 9.02. The fourth-order valence-corrected chi connectivity index (χ4v) is 2.52. The molecule has 0 bridgehead atoms. The van der Waals surface area contributed by atoms with Gasteiger partial charge in [-0.2, -0.15) is 4.98 Å². The predicted molar refractivity (Wildman–Crippen MR) is 74.6 cm³/mol. The van der Waals surface area contributed by atoms with E-state index in [1.54, 1.807) is 11.3 Å². The zero-order valence-electron chi connectivity index (χ0n) is 10.2. The van der Waals surface area contributed by atoms with Crippen LogP contribution in [0.1, 0.15) is 19.8 Å². The Balaban J connectivity index is 2.32. The predicted octanol–water partition coefficient (Wildman–Crippen LogP) is 1.55. The van der Waals surface area contributed by atoms with Crippen LogP contribution in [0.2, 0.25) is 0 Å². The first-order valence-electron chi connectivity index (χ1n) is 5.87. The lowest BCUT2D eigenvalue weighted by atomic mass is 10.1. The van der Waals surface area contributed by atoms with E-state index in [0.717, 1.165) is 22.5 Å². The molecule has 1 unspecified atom stereocenters. The second kappa shape index (κ2) is 5.94. The van der Waals surface area contributed by atoms with Gasteiger partial charge in [-0.25, -0.2) is 10.8 Å². The van der Waals surface area contributed by atoms with E-state index in [4.69, 9.17) is 10.9 Å². The summed E-state index contributed by atoms with van der Waals surface area (Å²) in [4.78, 5) is 9.49. The van der Waals surface area contributed by atoms with Crippen LogP contribution in [0.4, 0.5) is 11.8 Å². The van der Waals surface area contributed by atoms with Crippen molar-refractivity contribution in [3.63, 3.8) is 0 Å². The SMILES string of the molecule is CCC(CCO)Nc1nc(NN)nc2sccc12. The first-order valence-corrected chi connectivity index (χ1v) is 6.75. The van der Waals surface area contributed by atoms with Crippen molar-refractivity contribution in [3.8, 4) is 0 Å². The number of thiophene rings is 1. The summed E-state index contributed by atoms with van der Waals surface area (Å²) in [5, 5.41) is 15.3. The fourth-order valence-electron chi connectivity index (χ4n) is 1.76. The Kier molecular flexibility index (Phi) is 4.29. The molecule has 2 aromatic rings. The molecule has 0 saturated carbocycles. The third-order valence-corrected chi connectivity index (χ3v) is 3.57. The Morgan fingerprint density at radius 1 is 1.50 bits per heavy atom. The van der Waals surface area contributed by atoms with E-state index >= 15 is 0 Å². The zero-order chi connectivity index (χ0) is 13.0. The Morgan fingerprint density at radius 3 is 3.00 bits per heavy atom. The molecule has 0 aliphatic rings. The fraction of sp³-hybridized carbons (Fsp3) is 0.455. The van der Waals surface area contributed by atoms with E-state index in [1.165, 1.54) is 0 Å². The minimum absolute atomic E-state index is 0.158. The molecule has 1 atom stereocenters. The molecule has 0 amide bonds. The van der Waals surface area contributed by atoms with E-state index in [9.17, 15) is 0 Å². The van der Waals surface area contributed by atoms with Gasteiger partial charge in [-0.05, 0) is 24.3 Å². The van der Waals surface area contributed by atoms with Crippen LogP contribution in [0.3, 0.4) is 0 Å². The summed E-state index contributed by atoms with van der Waals surface area (Å²) >= 11 is 1.54. The highest BCUT2D eigenvalue weighted by Crippen LogP contribution is 2.27. The molecule has 2 aromatic heterocycles. The molecule has 5 N–H and O–H groups in total. The second-order valence-electron chi connectivity index (χ2n) is 3.94. The minimum Gasteiger partial charge on any atom is -0.396 e. The summed E-state index contributed by atoms with van der Waals surface area (Å²) < 4.78 is 0. The highest BCUT2D eigenvalue weighted by molar-refractivity contribution is 7.16. The number of nitrogens with two attached hydrogens (primary N) is 1. The van der Waals surface area contributed by atoms with Crippen molar-refractivity contribution in [2.75, 3.05) is 17.3 Å². The summed E-state index contributed by atoms with van der Waals surface area (Å²) in [6, 6.07) is 2.17. The Morgan fingerprint density at radius 2 is 2.33 bits per heavy atom. The lowest BCUT2D eigenvalue weighted by Gasteiger charge is -2.17. The molecule has 0 aromatic carbocycles. The number of anilines is 2. The molecule has 0 saturated heterocycles. The Bertz CT molecular complexity index is 515. The topological polar surface area (TPSA) is 96.1 Å². The van der Waals surface area contributed by atoms with Gasteiger partial charge < -0.3 is 10.4 Å². The first-order chi connectivity index (χ1) is 8.78. The molecular formula is C11H17N5OS. The smallest absolute Gasteiger partial charge is 0.240 e. The largest absolute Gasteiger partial charge is 0.396 e. The molecule has 98 valence electrons. The number of aliphatic hydroxyl groups excluding tert-OH is 1. The van der Waals surface area contributed by atoms with Crippen molar-refractivity contribution < 1.29 is 5.11 Å². The van der Waals surface area contributed by atoms with Crippen LogP contribution >= 0.6 is 11.3 Å². The maximum Gasteiger partial charge on any atom is 0.240 e. The van der Waals surface area contributed by atoms with Gasteiger partial charge in [-0.3, -0.25) is 5.43 Å². The van der Waals surface area contributed by atoms with E-state index < -0.39 is 0 Å². The van der Waals surface area contributed by atoms with Gasteiger partial charge in [-0.15, -0.1) is 11.3 Å². The molecule has 0 radical (unpaired) electrons. The highest BCUT2D eigenvalue weighted by Gasteiger charge is 2.12. The van der Waals surface area contributed by atoms with Gasteiger partial charge in [-0.1, -0.05) is 6.92 Å². The quantitative estimate of drug-likeness (QED) is 0.468. The molecule has 2 rings (SSSR count). The van der Waals surface area contributed by atoms with Crippen molar-refractivity contribution in [1.82, 2.24) is 9.97 Å². The van der Waals surface area contributed by atoms with Gasteiger partial charge >= 0.3 is 0 Å². The minimum atomic E-state index is 0.158. The van der Waals surface area contributed by atoms with E-state index in [-0.39, 0.29) is 12.6 Å². The van der Waals surface area contributed by atoms with Crippen LogP contribution in [0, 0.1) is 0 Å². The number of nitrogens with zero attached hydrogens (tertiary/aromatic N) is 2. The summed E-state index contributed by atoms with van der Waals surface area (Å²) in [6.45, 7) is 2.23. The van der Waals surface area contributed by atoms with Crippen molar-refractivity contribution in [1.29, 1.82) is 0 Å². The summed E-state index contributed by atoms with van der Waals surface area (Å²) in [5.74, 6) is 6.52. The number of nitrogen functional groups attached to an aromatic ring is 1. The molecule has 0 aliphatic carbocycles. The van der Waals surface area contributed by atoms with Crippen LogP contribution in [0.5, 0.6) is 0 Å². The Labute approximate surface area is 109 Å². The average Bonchev–Trinajstić information content (AvgIpc) is 2.86. The van der Waals surface area contributed by atoms with Gasteiger partial charge in [0.2, 0.25) is 5.95 Å². The summed E-state index contributed by atoms with van der Waals surface area (Å²) in [6.07, 6.45) is 1.61. The molecule has 0 aliphatic heterocycles. The molecule has 6 nitrogen and oxygen atoms in total. The molecule has 0 fully saturated rings. The van der Waals surface area contributed by atoms with Crippen molar-refractivity contribution in [2.45, 2.75) is 25.8 Å². The number of nitrogens with one attached hydrogen (secondary N) is 2. The van der Waals surface area contributed by atoms with Crippen LogP contribution in [0.25, 0.3) is 10.2 Å². The lowest BCUT2D eigenvalue weighted by Crippen LogP contribution is -2.21. The molecule has 2 heterocycles. The number of hydrogen-bond acceptors (Lipinski definition) is 7. The average molecular weight is 267 g/mol. The lowest BCUT2D eigenvalue weighted by molar-refractivity contribution is 0.278. The number of hydrogen-bond donors (Lipinski definition) is 4. The van der Waals surface area contributed by atoms with Crippen LogP contribution in [-0.4, -0.2) is 27.7 Å². The Hall–Kier alpha value is -1.44. The molecule has 7 heteroatoms.